The average molecular weight is 364 g/mol. The monoisotopic (exact) mass is 364 g/mol. The van der Waals surface area contributed by atoms with E-state index < -0.39 is 24.4 Å². The van der Waals surface area contributed by atoms with E-state index in [0.29, 0.717) is 0 Å². The van der Waals surface area contributed by atoms with Crippen molar-refractivity contribution in [1.82, 2.24) is 0 Å². The normalized spacial score (nSPS) is 46.8. The van der Waals surface area contributed by atoms with Crippen LogP contribution in [0.4, 0.5) is 17.6 Å². The summed E-state index contributed by atoms with van der Waals surface area (Å²) in [5, 5.41) is 8.76. The number of alkyl halides is 4. The molecule has 2 atom stereocenters. The van der Waals surface area contributed by atoms with Crippen LogP contribution < -0.4 is 0 Å². The van der Waals surface area contributed by atoms with E-state index in [-0.39, 0.29) is 24.7 Å². The van der Waals surface area contributed by atoms with Crippen molar-refractivity contribution in [1.29, 1.82) is 0 Å². The van der Waals surface area contributed by atoms with E-state index in [9.17, 15) is 17.6 Å². The summed E-state index contributed by atoms with van der Waals surface area (Å²) in [6.07, 6.45) is 1.21. The van der Waals surface area contributed by atoms with E-state index in [1.54, 1.807) is 0 Å². The van der Waals surface area contributed by atoms with E-state index in [4.69, 9.17) is 5.11 Å². The first-order chi connectivity index (χ1) is 11.8. The number of rotatable bonds is 3. The average Bonchev–Trinajstić information content (AvgIpc) is 2.54. The van der Waals surface area contributed by atoms with Gasteiger partial charge in [-0.05, 0) is 81.0 Å². The van der Waals surface area contributed by atoms with Crippen molar-refractivity contribution in [3.05, 3.63) is 0 Å². The van der Waals surface area contributed by atoms with Crippen LogP contribution in [0.15, 0.2) is 0 Å². The molecule has 0 amide bonds. The molecule has 3 saturated carbocycles. The molecule has 0 aromatic heterocycles. The molecule has 5 heteroatoms. The summed E-state index contributed by atoms with van der Waals surface area (Å²) >= 11 is 0. The van der Waals surface area contributed by atoms with Gasteiger partial charge in [0.2, 0.25) is 0 Å². The molecule has 3 fully saturated rings. The first kappa shape index (κ1) is 19.4. The van der Waals surface area contributed by atoms with Gasteiger partial charge in [-0.25, -0.2) is 8.78 Å². The molecule has 1 N–H and O–H groups in total. The van der Waals surface area contributed by atoms with Gasteiger partial charge in [0.25, 0.3) is 0 Å². The molecular formula is C20H32F4O. The molecule has 2 unspecified atom stereocenters. The molecule has 25 heavy (non-hydrogen) atoms. The van der Waals surface area contributed by atoms with Crippen molar-refractivity contribution < 1.29 is 22.7 Å². The van der Waals surface area contributed by atoms with Crippen LogP contribution in [0.5, 0.6) is 0 Å². The summed E-state index contributed by atoms with van der Waals surface area (Å²) in [7, 11) is 0. The lowest BCUT2D eigenvalue weighted by Gasteiger charge is -2.43. The van der Waals surface area contributed by atoms with Gasteiger partial charge in [0, 0.05) is 0 Å². The summed E-state index contributed by atoms with van der Waals surface area (Å²) in [6, 6.07) is 0. The maximum atomic E-state index is 14.1. The predicted molar refractivity (Wildman–Crippen MR) is 89.7 cm³/mol. The summed E-state index contributed by atoms with van der Waals surface area (Å²) in [5.74, 6) is 0.298. The molecule has 3 rings (SSSR count). The third kappa shape index (κ3) is 4.51. The van der Waals surface area contributed by atoms with Gasteiger partial charge in [-0.1, -0.05) is 19.8 Å². The smallest absolute Gasteiger partial charge is 0.336 e. The van der Waals surface area contributed by atoms with E-state index in [0.717, 1.165) is 43.4 Å². The van der Waals surface area contributed by atoms with Crippen molar-refractivity contribution in [3.8, 4) is 0 Å². The molecule has 0 saturated heterocycles. The SMILES string of the molecule is CC1CCC(C2CCC(C3CC(F)C(C(O)(F)F)C(F)C3)CC2)CC1. The van der Waals surface area contributed by atoms with Crippen molar-refractivity contribution >= 4 is 0 Å². The molecule has 0 spiro atoms. The van der Waals surface area contributed by atoms with Gasteiger partial charge < -0.3 is 5.11 Å². The van der Waals surface area contributed by atoms with Gasteiger partial charge in [-0.3, -0.25) is 0 Å². The molecule has 0 aliphatic heterocycles. The Morgan fingerprint density at radius 1 is 0.680 bits per heavy atom. The zero-order valence-corrected chi connectivity index (χ0v) is 15.1. The van der Waals surface area contributed by atoms with Crippen molar-refractivity contribution in [2.24, 2.45) is 35.5 Å². The molecular weight excluding hydrogens is 332 g/mol. The van der Waals surface area contributed by atoms with Crippen LogP contribution in [0.25, 0.3) is 0 Å². The number of hydrogen-bond acceptors (Lipinski definition) is 1. The Morgan fingerprint density at radius 2 is 1.04 bits per heavy atom. The van der Waals surface area contributed by atoms with Crippen LogP contribution >= 0.6 is 0 Å². The lowest BCUT2D eigenvalue weighted by molar-refractivity contribution is -0.271. The fraction of sp³-hybridized carbons (Fsp3) is 1.00. The summed E-state index contributed by atoms with van der Waals surface area (Å²) in [4.78, 5) is 0. The van der Waals surface area contributed by atoms with Crippen molar-refractivity contribution in [2.45, 2.75) is 89.6 Å². The van der Waals surface area contributed by atoms with Crippen LogP contribution in [-0.4, -0.2) is 23.6 Å². The molecule has 3 aliphatic rings. The second-order valence-electron chi connectivity index (χ2n) is 9.07. The minimum atomic E-state index is -4.26. The molecule has 0 aromatic rings. The second-order valence-corrected chi connectivity index (χ2v) is 9.07. The Morgan fingerprint density at radius 3 is 1.44 bits per heavy atom. The highest BCUT2D eigenvalue weighted by Gasteiger charge is 2.53. The standard InChI is InChI=1S/C20H32F4O/c1-12-2-4-13(5-3-12)14-6-8-15(9-7-14)16-10-17(21)19(18(22)11-16)20(23,24)25/h12-19,25H,2-11H2,1H3. The molecule has 1 nitrogen and oxygen atoms in total. The maximum Gasteiger partial charge on any atom is 0.361 e. The largest absolute Gasteiger partial charge is 0.361 e. The lowest BCUT2D eigenvalue weighted by Crippen LogP contribution is -2.47. The molecule has 3 aliphatic carbocycles. The quantitative estimate of drug-likeness (QED) is 0.618. The van der Waals surface area contributed by atoms with E-state index >= 15 is 0 Å². The highest BCUT2D eigenvalue weighted by molar-refractivity contribution is 4.93. The first-order valence-corrected chi connectivity index (χ1v) is 10.1. The van der Waals surface area contributed by atoms with E-state index in [1.807, 2.05) is 0 Å². The zero-order valence-electron chi connectivity index (χ0n) is 15.1. The number of hydrogen-bond donors (Lipinski definition) is 1. The third-order valence-electron chi connectivity index (χ3n) is 7.45. The van der Waals surface area contributed by atoms with E-state index in [2.05, 4.69) is 6.92 Å². The number of aliphatic hydroxyl groups is 1. The minimum absolute atomic E-state index is 0.0302. The highest BCUT2D eigenvalue weighted by atomic mass is 19.3. The zero-order chi connectivity index (χ0) is 18.2. The van der Waals surface area contributed by atoms with Crippen molar-refractivity contribution in [3.63, 3.8) is 0 Å². The van der Waals surface area contributed by atoms with Crippen LogP contribution in [0.1, 0.15) is 71.1 Å². The second kappa shape index (κ2) is 7.74. The molecule has 0 bridgehead atoms. The van der Waals surface area contributed by atoms with Gasteiger partial charge in [-0.15, -0.1) is 0 Å². The maximum absolute atomic E-state index is 14.1. The van der Waals surface area contributed by atoms with E-state index in [1.165, 1.54) is 25.7 Å². The van der Waals surface area contributed by atoms with Gasteiger partial charge in [-0.2, -0.15) is 8.78 Å². The summed E-state index contributed by atoms with van der Waals surface area (Å²) in [6.45, 7) is 2.32. The molecule has 146 valence electrons. The van der Waals surface area contributed by atoms with Gasteiger partial charge in [0.1, 0.15) is 18.3 Å². The van der Waals surface area contributed by atoms with Gasteiger partial charge in [0.15, 0.2) is 0 Å². The number of halogens is 4. The molecule has 0 heterocycles. The van der Waals surface area contributed by atoms with Crippen LogP contribution in [-0.2, 0) is 0 Å². The predicted octanol–water partition coefficient (Wildman–Crippen LogP) is 5.91. The Balaban J connectivity index is 1.50. The Hall–Kier alpha value is -0.320. The van der Waals surface area contributed by atoms with Crippen LogP contribution in [0.2, 0.25) is 0 Å². The lowest BCUT2D eigenvalue weighted by atomic mass is 9.64. The summed E-state index contributed by atoms with van der Waals surface area (Å²) < 4.78 is 54.3. The Bertz CT molecular complexity index is 410. The fourth-order valence-corrected chi connectivity index (χ4v) is 5.86. The molecule has 0 aromatic carbocycles. The highest BCUT2D eigenvalue weighted by Crippen LogP contribution is 2.48. The van der Waals surface area contributed by atoms with Gasteiger partial charge >= 0.3 is 6.11 Å². The Kier molecular flexibility index (Phi) is 6.02. The summed E-state index contributed by atoms with van der Waals surface area (Å²) in [5.41, 5.74) is 0. The topological polar surface area (TPSA) is 20.2 Å². The first-order valence-electron chi connectivity index (χ1n) is 10.1. The third-order valence-corrected chi connectivity index (χ3v) is 7.45. The van der Waals surface area contributed by atoms with Crippen molar-refractivity contribution in [2.75, 3.05) is 0 Å². The van der Waals surface area contributed by atoms with Gasteiger partial charge in [0.05, 0.1) is 0 Å². The Labute approximate surface area is 148 Å². The van der Waals surface area contributed by atoms with Crippen LogP contribution in [0.3, 0.4) is 0 Å². The fourth-order valence-electron chi connectivity index (χ4n) is 5.86. The van der Waals surface area contributed by atoms with Crippen LogP contribution in [0, 0.1) is 35.5 Å². The molecule has 0 radical (unpaired) electrons. The minimum Gasteiger partial charge on any atom is -0.336 e.